The number of benzene rings is 1. The van der Waals surface area contributed by atoms with E-state index in [1.165, 1.54) is 0 Å². The van der Waals surface area contributed by atoms with Crippen molar-refractivity contribution >= 4 is 12.1 Å². The molecule has 1 aliphatic heterocycles. The van der Waals surface area contributed by atoms with Crippen LogP contribution in [0.5, 0.6) is 0 Å². The Morgan fingerprint density at radius 1 is 1.37 bits per heavy atom. The molecule has 2 aromatic rings. The maximum absolute atomic E-state index is 12.4. The summed E-state index contributed by atoms with van der Waals surface area (Å²) in [5.74, 6) is -0.364. The maximum atomic E-state index is 12.4. The summed E-state index contributed by atoms with van der Waals surface area (Å²) in [6.45, 7) is 1.41. The average Bonchev–Trinajstić information content (AvgIpc) is 3.27. The molecule has 9 nitrogen and oxygen atoms in total. The molecule has 0 spiro atoms. The van der Waals surface area contributed by atoms with Gasteiger partial charge in [-0.3, -0.25) is 4.79 Å². The first kappa shape index (κ1) is 18.8. The Bertz CT molecular complexity index is 794. The van der Waals surface area contributed by atoms with Crippen molar-refractivity contribution in [1.29, 1.82) is 0 Å². The van der Waals surface area contributed by atoms with Crippen molar-refractivity contribution in [1.82, 2.24) is 20.4 Å². The molecule has 1 fully saturated rings. The normalized spacial score (nSPS) is 19.7. The van der Waals surface area contributed by atoms with Gasteiger partial charge in [-0.2, -0.15) is 4.98 Å². The lowest BCUT2D eigenvalue weighted by atomic mass is 9.98. The lowest BCUT2D eigenvalue weighted by molar-refractivity contribution is -0.137. The third kappa shape index (κ3) is 4.82. The van der Waals surface area contributed by atoms with E-state index in [1.807, 2.05) is 42.3 Å². The Balaban J connectivity index is 1.67. The van der Waals surface area contributed by atoms with Gasteiger partial charge < -0.3 is 24.6 Å². The van der Waals surface area contributed by atoms with E-state index in [0.29, 0.717) is 18.8 Å². The molecule has 1 aliphatic rings. The van der Waals surface area contributed by atoms with E-state index >= 15 is 0 Å². The van der Waals surface area contributed by atoms with Gasteiger partial charge in [-0.15, -0.1) is 0 Å². The van der Waals surface area contributed by atoms with Crippen LogP contribution in [0.15, 0.2) is 34.9 Å². The first-order valence-electron chi connectivity index (χ1n) is 8.69. The molecule has 27 heavy (non-hydrogen) atoms. The van der Waals surface area contributed by atoms with Crippen molar-refractivity contribution < 1.29 is 24.0 Å². The van der Waals surface area contributed by atoms with E-state index in [0.717, 1.165) is 12.1 Å². The molecule has 3 rings (SSSR count). The molecule has 1 aromatic heterocycles. The van der Waals surface area contributed by atoms with Gasteiger partial charge in [-0.05, 0) is 19.0 Å². The zero-order valence-electron chi connectivity index (χ0n) is 15.1. The molecule has 2 heterocycles. The van der Waals surface area contributed by atoms with Crippen LogP contribution in [-0.2, 0) is 28.1 Å². The predicted molar refractivity (Wildman–Crippen MR) is 93.8 cm³/mol. The quantitative estimate of drug-likeness (QED) is 0.749. The van der Waals surface area contributed by atoms with Crippen LogP contribution in [0.2, 0.25) is 0 Å². The molecule has 1 aromatic carbocycles. The monoisotopic (exact) mass is 374 g/mol. The van der Waals surface area contributed by atoms with Crippen molar-refractivity contribution in [2.75, 3.05) is 20.1 Å². The van der Waals surface area contributed by atoms with Gasteiger partial charge in [0.2, 0.25) is 5.89 Å². The van der Waals surface area contributed by atoms with Gasteiger partial charge >= 0.3 is 12.1 Å². The highest BCUT2D eigenvalue weighted by Gasteiger charge is 2.44. The predicted octanol–water partition coefficient (Wildman–Crippen LogP) is 1.54. The lowest BCUT2D eigenvalue weighted by Gasteiger charge is -2.26. The summed E-state index contributed by atoms with van der Waals surface area (Å²) in [7, 11) is 1.93. The van der Waals surface area contributed by atoms with Crippen LogP contribution in [0.25, 0.3) is 0 Å². The number of ether oxygens (including phenoxy) is 1. The van der Waals surface area contributed by atoms with Crippen molar-refractivity contribution in [2.24, 2.45) is 0 Å². The van der Waals surface area contributed by atoms with Crippen molar-refractivity contribution in [3.8, 4) is 0 Å². The van der Waals surface area contributed by atoms with Gasteiger partial charge in [0.1, 0.15) is 12.1 Å². The first-order valence-corrected chi connectivity index (χ1v) is 8.69. The lowest BCUT2D eigenvalue weighted by Crippen LogP contribution is -2.48. The van der Waals surface area contributed by atoms with Gasteiger partial charge in [0.25, 0.3) is 0 Å². The molecule has 0 saturated carbocycles. The number of hydrogen-bond donors (Lipinski definition) is 2. The van der Waals surface area contributed by atoms with Crippen LogP contribution >= 0.6 is 0 Å². The smallest absolute Gasteiger partial charge is 0.408 e. The number of carboxylic acid groups (broad SMARTS) is 1. The molecular formula is C18H22N4O5. The number of aryl methyl sites for hydroxylation is 1. The highest BCUT2D eigenvalue weighted by Crippen LogP contribution is 2.30. The summed E-state index contributed by atoms with van der Waals surface area (Å²) >= 11 is 0. The second kappa shape index (κ2) is 8.17. The second-order valence-electron chi connectivity index (χ2n) is 6.66. The minimum atomic E-state index is -0.937. The molecule has 1 amide bonds. The van der Waals surface area contributed by atoms with Crippen molar-refractivity contribution in [2.45, 2.75) is 31.4 Å². The molecule has 0 radical (unpaired) electrons. The average molecular weight is 374 g/mol. The number of nitrogens with zero attached hydrogens (tertiary/aromatic N) is 3. The SMILES string of the molecule is CN1CCC(NC(=O)OCc2ccccc2)(c2noc(CCC(=O)O)n2)C1. The molecule has 1 saturated heterocycles. The second-order valence-corrected chi connectivity index (χ2v) is 6.66. The number of carboxylic acids is 1. The van der Waals surface area contributed by atoms with Crippen LogP contribution in [0.4, 0.5) is 4.79 Å². The summed E-state index contributed by atoms with van der Waals surface area (Å²) in [4.78, 5) is 29.4. The Kier molecular flexibility index (Phi) is 5.70. The largest absolute Gasteiger partial charge is 0.481 e. The number of alkyl carbamates (subject to hydrolysis) is 1. The number of likely N-dealkylation sites (tertiary alicyclic amines) is 1. The number of rotatable bonds is 7. The highest BCUT2D eigenvalue weighted by molar-refractivity contribution is 5.68. The molecule has 2 N–H and O–H groups in total. The fraction of sp³-hybridized carbons (Fsp3) is 0.444. The maximum Gasteiger partial charge on any atom is 0.408 e. The van der Waals surface area contributed by atoms with E-state index in [2.05, 4.69) is 15.5 Å². The summed E-state index contributed by atoms with van der Waals surface area (Å²) in [6.07, 6.45) is 0.0846. The number of aliphatic carboxylic acids is 1. The molecule has 1 atom stereocenters. The van der Waals surface area contributed by atoms with Gasteiger partial charge in [-0.25, -0.2) is 4.79 Å². The molecule has 9 heteroatoms. The summed E-state index contributed by atoms with van der Waals surface area (Å²) in [5, 5.41) is 15.6. The van der Waals surface area contributed by atoms with Crippen LogP contribution in [-0.4, -0.2) is 52.3 Å². The standard InChI is InChI=1S/C18H22N4O5/c1-22-10-9-18(12-22,16-19-14(27-21-16)7-8-15(23)24)20-17(25)26-11-13-5-3-2-4-6-13/h2-6H,7-12H2,1H3,(H,20,25)(H,23,24). The molecule has 144 valence electrons. The molecule has 1 unspecified atom stereocenters. The highest BCUT2D eigenvalue weighted by atomic mass is 16.5. The minimum Gasteiger partial charge on any atom is -0.481 e. The number of aromatic nitrogens is 2. The Morgan fingerprint density at radius 2 is 2.15 bits per heavy atom. The van der Waals surface area contributed by atoms with Gasteiger partial charge in [-0.1, -0.05) is 35.5 Å². The van der Waals surface area contributed by atoms with Crippen molar-refractivity contribution in [3.63, 3.8) is 0 Å². The third-order valence-electron chi connectivity index (χ3n) is 4.46. The van der Waals surface area contributed by atoms with Crippen LogP contribution in [0.1, 0.15) is 30.1 Å². The summed E-state index contributed by atoms with van der Waals surface area (Å²) in [5.41, 5.74) is 0.0637. The Labute approximate surface area is 156 Å². The van der Waals surface area contributed by atoms with Gasteiger partial charge in [0.05, 0.1) is 6.42 Å². The van der Waals surface area contributed by atoms with Crippen LogP contribution in [0, 0.1) is 0 Å². The van der Waals surface area contributed by atoms with E-state index in [-0.39, 0.29) is 25.3 Å². The Morgan fingerprint density at radius 3 is 2.81 bits per heavy atom. The zero-order valence-corrected chi connectivity index (χ0v) is 15.1. The number of amides is 1. The molecule has 0 bridgehead atoms. The molecular weight excluding hydrogens is 352 g/mol. The van der Waals surface area contributed by atoms with Crippen LogP contribution in [0.3, 0.4) is 0 Å². The van der Waals surface area contributed by atoms with E-state index in [1.54, 1.807) is 0 Å². The van der Waals surface area contributed by atoms with E-state index in [9.17, 15) is 9.59 Å². The zero-order chi connectivity index (χ0) is 19.3. The summed E-state index contributed by atoms with van der Waals surface area (Å²) < 4.78 is 10.5. The minimum absolute atomic E-state index is 0.0961. The number of carbonyl (C=O) groups excluding carboxylic acids is 1. The number of hydrogen-bond acceptors (Lipinski definition) is 7. The Hall–Kier alpha value is -2.94. The number of likely N-dealkylation sites (N-methyl/N-ethyl adjacent to an activating group) is 1. The van der Waals surface area contributed by atoms with E-state index < -0.39 is 17.6 Å². The van der Waals surface area contributed by atoms with E-state index in [4.69, 9.17) is 14.4 Å². The number of carbonyl (C=O) groups is 2. The van der Waals surface area contributed by atoms with Crippen LogP contribution < -0.4 is 5.32 Å². The first-order chi connectivity index (χ1) is 13.0. The third-order valence-corrected chi connectivity index (χ3v) is 4.46. The number of nitrogens with one attached hydrogen (secondary N) is 1. The fourth-order valence-electron chi connectivity index (χ4n) is 3.06. The fourth-order valence-corrected chi connectivity index (χ4v) is 3.06. The van der Waals surface area contributed by atoms with Gasteiger partial charge in [0, 0.05) is 19.5 Å². The van der Waals surface area contributed by atoms with Gasteiger partial charge in [0.15, 0.2) is 5.82 Å². The van der Waals surface area contributed by atoms with Crippen molar-refractivity contribution in [3.05, 3.63) is 47.6 Å². The molecule has 0 aliphatic carbocycles. The topological polar surface area (TPSA) is 118 Å². The summed E-state index contributed by atoms with van der Waals surface area (Å²) in [6, 6.07) is 9.40.